The van der Waals surface area contributed by atoms with Gasteiger partial charge in [-0.05, 0) is 32.4 Å². The first-order valence-electron chi connectivity index (χ1n) is 7.22. The largest absolute Gasteiger partial charge is 0.390 e. The van der Waals surface area contributed by atoms with Crippen LogP contribution in [0.15, 0.2) is 0 Å². The van der Waals surface area contributed by atoms with E-state index in [1.54, 1.807) is 0 Å². The molecular formula is C14H32N2O. The van der Waals surface area contributed by atoms with E-state index in [-0.39, 0.29) is 11.6 Å². The van der Waals surface area contributed by atoms with Crippen molar-refractivity contribution < 1.29 is 5.11 Å². The van der Waals surface area contributed by atoms with Crippen LogP contribution in [-0.4, -0.2) is 47.8 Å². The van der Waals surface area contributed by atoms with Crippen molar-refractivity contribution in [2.75, 3.05) is 26.2 Å². The van der Waals surface area contributed by atoms with Gasteiger partial charge in [0.15, 0.2) is 0 Å². The van der Waals surface area contributed by atoms with Crippen molar-refractivity contribution in [3.8, 4) is 0 Å². The lowest BCUT2D eigenvalue weighted by molar-refractivity contribution is 0.104. The molecule has 1 unspecified atom stereocenters. The summed E-state index contributed by atoms with van der Waals surface area (Å²) in [4.78, 5) is 2.26. The highest BCUT2D eigenvalue weighted by atomic mass is 16.3. The van der Waals surface area contributed by atoms with Gasteiger partial charge in [0.05, 0.1) is 6.10 Å². The number of nitrogens with zero attached hydrogens (tertiary/aromatic N) is 1. The van der Waals surface area contributed by atoms with Gasteiger partial charge < -0.3 is 15.3 Å². The number of hydrogen-bond donors (Lipinski definition) is 2. The summed E-state index contributed by atoms with van der Waals surface area (Å²) in [6.45, 7) is 14.4. The summed E-state index contributed by atoms with van der Waals surface area (Å²) in [7, 11) is 0. The van der Waals surface area contributed by atoms with Gasteiger partial charge in [0.1, 0.15) is 0 Å². The predicted molar refractivity (Wildman–Crippen MR) is 75.4 cm³/mol. The van der Waals surface area contributed by atoms with Crippen molar-refractivity contribution in [2.24, 2.45) is 0 Å². The molecule has 0 rings (SSSR count). The van der Waals surface area contributed by atoms with Crippen LogP contribution in [0.25, 0.3) is 0 Å². The molecule has 104 valence electrons. The molecule has 0 amide bonds. The first kappa shape index (κ1) is 16.9. The van der Waals surface area contributed by atoms with E-state index in [0.717, 1.165) is 38.9 Å². The number of β-amino-alcohol motifs (C(OH)–C–C–N with tert-alkyl or cyclic N) is 1. The Kier molecular flexibility index (Phi) is 8.83. The zero-order chi connectivity index (χ0) is 13.3. The molecule has 0 heterocycles. The Bertz CT molecular complexity index is 169. The molecule has 0 aromatic carbocycles. The van der Waals surface area contributed by atoms with E-state index in [1.165, 1.54) is 0 Å². The summed E-state index contributed by atoms with van der Waals surface area (Å²) in [5.74, 6) is 0. The molecule has 0 fully saturated rings. The highest BCUT2D eigenvalue weighted by Gasteiger charge is 2.23. The maximum Gasteiger partial charge on any atom is 0.0791 e. The van der Waals surface area contributed by atoms with Gasteiger partial charge >= 0.3 is 0 Å². The fourth-order valence-electron chi connectivity index (χ4n) is 2.30. The molecule has 0 saturated carbocycles. The SMILES string of the molecule is CCN(CC)CC(O)CNC(CC)(CC)CC. The van der Waals surface area contributed by atoms with Gasteiger partial charge in [0.25, 0.3) is 0 Å². The second-order valence-electron chi connectivity index (χ2n) is 4.86. The van der Waals surface area contributed by atoms with Crippen molar-refractivity contribution in [3.05, 3.63) is 0 Å². The molecule has 0 aliphatic rings. The summed E-state index contributed by atoms with van der Waals surface area (Å²) in [6.07, 6.45) is 3.10. The van der Waals surface area contributed by atoms with Crippen molar-refractivity contribution in [3.63, 3.8) is 0 Å². The first-order valence-corrected chi connectivity index (χ1v) is 7.22. The van der Waals surface area contributed by atoms with E-state index in [9.17, 15) is 5.11 Å². The summed E-state index contributed by atoms with van der Waals surface area (Å²) in [5, 5.41) is 13.6. The van der Waals surface area contributed by atoms with Crippen LogP contribution in [0.1, 0.15) is 53.9 Å². The van der Waals surface area contributed by atoms with E-state index in [0.29, 0.717) is 6.54 Å². The third kappa shape index (κ3) is 5.84. The van der Waals surface area contributed by atoms with Crippen molar-refractivity contribution in [1.29, 1.82) is 0 Å². The fourth-order valence-corrected chi connectivity index (χ4v) is 2.30. The molecule has 3 nitrogen and oxygen atoms in total. The van der Waals surface area contributed by atoms with E-state index < -0.39 is 0 Å². The lowest BCUT2D eigenvalue weighted by Gasteiger charge is -2.33. The maximum absolute atomic E-state index is 10.0. The zero-order valence-electron chi connectivity index (χ0n) is 12.4. The molecule has 0 aliphatic heterocycles. The number of aliphatic hydroxyl groups is 1. The topological polar surface area (TPSA) is 35.5 Å². The normalized spacial score (nSPS) is 14.3. The fraction of sp³-hybridized carbons (Fsp3) is 1.00. The lowest BCUT2D eigenvalue weighted by Crippen LogP contribution is -2.49. The summed E-state index contributed by atoms with van der Waals surface area (Å²) >= 11 is 0. The van der Waals surface area contributed by atoms with Gasteiger partial charge in [-0.1, -0.05) is 34.6 Å². The van der Waals surface area contributed by atoms with Crippen LogP contribution in [0, 0.1) is 0 Å². The van der Waals surface area contributed by atoms with Crippen molar-refractivity contribution in [1.82, 2.24) is 10.2 Å². The average molecular weight is 244 g/mol. The minimum Gasteiger partial charge on any atom is -0.390 e. The highest BCUT2D eigenvalue weighted by Crippen LogP contribution is 2.18. The number of likely N-dealkylation sites (N-methyl/N-ethyl adjacent to an activating group) is 1. The molecule has 0 saturated heterocycles. The van der Waals surface area contributed by atoms with Gasteiger partial charge in [0.2, 0.25) is 0 Å². The van der Waals surface area contributed by atoms with Crippen LogP contribution in [0.5, 0.6) is 0 Å². The Morgan fingerprint density at radius 2 is 1.47 bits per heavy atom. The van der Waals surface area contributed by atoms with Crippen molar-refractivity contribution in [2.45, 2.75) is 65.5 Å². The van der Waals surface area contributed by atoms with Crippen LogP contribution >= 0.6 is 0 Å². The Balaban J connectivity index is 4.08. The molecule has 0 aromatic heterocycles. The van der Waals surface area contributed by atoms with Crippen LogP contribution < -0.4 is 5.32 Å². The van der Waals surface area contributed by atoms with Crippen LogP contribution in [0.4, 0.5) is 0 Å². The summed E-state index contributed by atoms with van der Waals surface area (Å²) in [6, 6.07) is 0. The second-order valence-corrected chi connectivity index (χ2v) is 4.86. The Morgan fingerprint density at radius 3 is 1.82 bits per heavy atom. The summed E-state index contributed by atoms with van der Waals surface area (Å²) in [5.41, 5.74) is 0.213. The number of aliphatic hydroxyl groups excluding tert-OH is 1. The molecule has 0 aliphatic carbocycles. The average Bonchev–Trinajstić information content (AvgIpc) is 2.38. The Labute approximate surface area is 108 Å². The molecule has 1 atom stereocenters. The van der Waals surface area contributed by atoms with Gasteiger partial charge in [-0.2, -0.15) is 0 Å². The van der Waals surface area contributed by atoms with Gasteiger partial charge in [0, 0.05) is 18.6 Å². The monoisotopic (exact) mass is 244 g/mol. The number of nitrogens with one attached hydrogen (secondary N) is 1. The number of rotatable bonds is 10. The number of hydrogen-bond acceptors (Lipinski definition) is 3. The van der Waals surface area contributed by atoms with Gasteiger partial charge in [-0.15, -0.1) is 0 Å². The minimum atomic E-state index is -0.265. The Morgan fingerprint density at radius 1 is 1.00 bits per heavy atom. The van der Waals surface area contributed by atoms with E-state index >= 15 is 0 Å². The predicted octanol–water partition coefficient (Wildman–Crippen LogP) is 2.25. The molecule has 0 bridgehead atoms. The van der Waals surface area contributed by atoms with Crippen molar-refractivity contribution >= 4 is 0 Å². The maximum atomic E-state index is 10.0. The van der Waals surface area contributed by atoms with Gasteiger partial charge in [-0.3, -0.25) is 0 Å². The van der Waals surface area contributed by atoms with Crippen LogP contribution in [0.3, 0.4) is 0 Å². The molecule has 2 N–H and O–H groups in total. The first-order chi connectivity index (χ1) is 8.07. The second kappa shape index (κ2) is 8.90. The van der Waals surface area contributed by atoms with E-state index in [1.807, 2.05) is 0 Å². The molecule has 17 heavy (non-hydrogen) atoms. The summed E-state index contributed by atoms with van der Waals surface area (Å²) < 4.78 is 0. The standard InChI is InChI=1S/C14H32N2O/c1-6-14(7-2,8-3)15-11-13(17)12-16(9-4)10-5/h13,15,17H,6-12H2,1-5H3. The molecule has 0 aromatic rings. The molecule has 3 heteroatoms. The quantitative estimate of drug-likeness (QED) is 0.619. The van der Waals surface area contributed by atoms with Gasteiger partial charge in [-0.25, -0.2) is 0 Å². The van der Waals surface area contributed by atoms with Crippen LogP contribution in [0.2, 0.25) is 0 Å². The lowest BCUT2D eigenvalue weighted by atomic mass is 9.89. The molecular weight excluding hydrogens is 212 g/mol. The Hall–Kier alpha value is -0.120. The van der Waals surface area contributed by atoms with E-state index in [4.69, 9.17) is 0 Å². The third-order valence-electron chi connectivity index (χ3n) is 4.11. The smallest absolute Gasteiger partial charge is 0.0791 e. The minimum absolute atomic E-state index is 0.213. The molecule has 0 radical (unpaired) electrons. The van der Waals surface area contributed by atoms with Crippen LogP contribution in [-0.2, 0) is 0 Å². The zero-order valence-corrected chi connectivity index (χ0v) is 12.4. The third-order valence-corrected chi connectivity index (χ3v) is 4.11. The van der Waals surface area contributed by atoms with E-state index in [2.05, 4.69) is 44.8 Å². The molecule has 0 spiro atoms. The highest BCUT2D eigenvalue weighted by molar-refractivity contribution is 4.85.